The molecule has 0 aliphatic carbocycles. The van der Waals surface area contributed by atoms with Gasteiger partial charge in [-0.1, -0.05) is 6.92 Å². The zero-order chi connectivity index (χ0) is 17.8. The molecule has 1 fully saturated rings. The third-order valence-electron chi connectivity index (χ3n) is 4.56. The van der Waals surface area contributed by atoms with Crippen LogP contribution in [0.25, 0.3) is 11.4 Å². The number of rotatable bonds is 5. The number of nitrogens with zero attached hydrogens (tertiary/aromatic N) is 3. The molecule has 0 spiro atoms. The van der Waals surface area contributed by atoms with Gasteiger partial charge in [0.2, 0.25) is 0 Å². The van der Waals surface area contributed by atoms with Crippen molar-refractivity contribution in [3.63, 3.8) is 0 Å². The number of hydrogen-bond donors (Lipinski definition) is 1. The molecule has 132 valence electrons. The summed E-state index contributed by atoms with van der Waals surface area (Å²) in [6.07, 6.45) is 3.33. The molecule has 1 aromatic carbocycles. The number of hydrogen-bond acceptors (Lipinski definition) is 5. The lowest BCUT2D eigenvalue weighted by Crippen LogP contribution is -2.45. The van der Waals surface area contributed by atoms with E-state index in [2.05, 4.69) is 9.97 Å². The van der Waals surface area contributed by atoms with Gasteiger partial charge in [0.25, 0.3) is 0 Å². The molecule has 2 aromatic rings. The van der Waals surface area contributed by atoms with E-state index < -0.39 is 12.0 Å². The molecule has 3 rings (SSSR count). The minimum atomic E-state index is -0.789. The molecule has 2 heterocycles. The van der Waals surface area contributed by atoms with Gasteiger partial charge in [-0.15, -0.1) is 0 Å². The molecule has 0 amide bonds. The summed E-state index contributed by atoms with van der Waals surface area (Å²) < 4.78 is 5.19. The summed E-state index contributed by atoms with van der Waals surface area (Å²) in [4.78, 5) is 22.8. The van der Waals surface area contributed by atoms with Gasteiger partial charge in [-0.25, -0.2) is 14.8 Å². The number of carbonyl (C=O) groups is 1. The predicted molar refractivity (Wildman–Crippen MR) is 96.0 cm³/mol. The lowest BCUT2D eigenvalue weighted by Gasteiger charge is -2.34. The Labute approximate surface area is 147 Å². The van der Waals surface area contributed by atoms with Crippen LogP contribution in [0.5, 0.6) is 5.75 Å². The quantitative estimate of drug-likeness (QED) is 0.900. The second-order valence-corrected chi connectivity index (χ2v) is 6.17. The number of aryl methyl sites for hydroxylation is 1. The fourth-order valence-electron chi connectivity index (χ4n) is 3.14. The maximum absolute atomic E-state index is 11.6. The fraction of sp³-hybridized carbons (Fsp3) is 0.421. The highest BCUT2D eigenvalue weighted by Crippen LogP contribution is 2.27. The Morgan fingerprint density at radius 1 is 1.28 bits per heavy atom. The van der Waals surface area contributed by atoms with Gasteiger partial charge in [0.05, 0.1) is 7.11 Å². The molecule has 6 heteroatoms. The van der Waals surface area contributed by atoms with Crippen LogP contribution < -0.4 is 9.64 Å². The van der Waals surface area contributed by atoms with Crippen LogP contribution in [0.4, 0.5) is 5.82 Å². The second kappa shape index (κ2) is 7.51. The van der Waals surface area contributed by atoms with Crippen LogP contribution in [0.1, 0.15) is 31.9 Å². The van der Waals surface area contributed by atoms with E-state index in [1.54, 1.807) is 7.11 Å². The number of anilines is 1. The van der Waals surface area contributed by atoms with Gasteiger partial charge in [-0.3, -0.25) is 0 Å². The van der Waals surface area contributed by atoms with E-state index in [9.17, 15) is 9.90 Å². The third kappa shape index (κ3) is 3.73. The molecule has 0 radical (unpaired) electrons. The monoisotopic (exact) mass is 341 g/mol. The molecule has 25 heavy (non-hydrogen) atoms. The Kier molecular flexibility index (Phi) is 5.16. The molecule has 0 bridgehead atoms. The Bertz CT molecular complexity index is 746. The van der Waals surface area contributed by atoms with E-state index >= 15 is 0 Å². The van der Waals surface area contributed by atoms with Crippen molar-refractivity contribution in [2.24, 2.45) is 0 Å². The van der Waals surface area contributed by atoms with Gasteiger partial charge in [-0.2, -0.15) is 0 Å². The Balaban J connectivity index is 2.00. The van der Waals surface area contributed by atoms with Crippen molar-refractivity contribution in [1.82, 2.24) is 9.97 Å². The Morgan fingerprint density at radius 3 is 2.68 bits per heavy atom. The molecule has 0 saturated carbocycles. The number of carboxylic acid groups (broad SMARTS) is 1. The molecule has 1 aliphatic heterocycles. The summed E-state index contributed by atoms with van der Waals surface area (Å²) in [5.74, 6) is 1.30. The first-order chi connectivity index (χ1) is 12.1. The van der Waals surface area contributed by atoms with E-state index in [1.807, 2.05) is 42.2 Å². The molecule has 1 N–H and O–H groups in total. The van der Waals surface area contributed by atoms with Crippen molar-refractivity contribution in [3.05, 3.63) is 36.0 Å². The number of aliphatic carboxylic acids is 1. The van der Waals surface area contributed by atoms with Crippen molar-refractivity contribution >= 4 is 11.8 Å². The minimum Gasteiger partial charge on any atom is -0.497 e. The summed E-state index contributed by atoms with van der Waals surface area (Å²) in [6, 6.07) is 8.98. The molecule has 1 aliphatic rings. The molecule has 6 nitrogen and oxygen atoms in total. The topological polar surface area (TPSA) is 75.6 Å². The van der Waals surface area contributed by atoms with Gasteiger partial charge < -0.3 is 14.7 Å². The standard InChI is InChI=1S/C19H23N3O3/c1-3-14-12-17(22-11-5-4-6-16(22)19(23)24)21-18(20-14)13-7-9-15(25-2)10-8-13/h7-10,12,16H,3-6,11H2,1-2H3,(H,23,24). The number of aromatic nitrogens is 2. The summed E-state index contributed by atoms with van der Waals surface area (Å²) in [5.41, 5.74) is 1.80. The zero-order valence-electron chi connectivity index (χ0n) is 14.6. The fourth-order valence-corrected chi connectivity index (χ4v) is 3.14. The van der Waals surface area contributed by atoms with Gasteiger partial charge in [0, 0.05) is 23.9 Å². The van der Waals surface area contributed by atoms with E-state index in [1.165, 1.54) is 0 Å². The van der Waals surface area contributed by atoms with Gasteiger partial charge in [0.15, 0.2) is 5.82 Å². The molecular formula is C19H23N3O3. The average molecular weight is 341 g/mol. The van der Waals surface area contributed by atoms with Gasteiger partial charge in [-0.05, 0) is 49.9 Å². The first-order valence-electron chi connectivity index (χ1n) is 8.64. The highest BCUT2D eigenvalue weighted by molar-refractivity contribution is 5.78. The first kappa shape index (κ1) is 17.2. The highest BCUT2D eigenvalue weighted by atomic mass is 16.5. The number of methoxy groups -OCH3 is 1. The Morgan fingerprint density at radius 2 is 2.04 bits per heavy atom. The van der Waals surface area contributed by atoms with Crippen molar-refractivity contribution < 1.29 is 14.6 Å². The van der Waals surface area contributed by atoms with Crippen LogP contribution in [0.2, 0.25) is 0 Å². The van der Waals surface area contributed by atoms with Gasteiger partial charge >= 0.3 is 5.97 Å². The van der Waals surface area contributed by atoms with Crippen LogP contribution in [0.3, 0.4) is 0 Å². The van der Waals surface area contributed by atoms with Crippen LogP contribution in [0, 0.1) is 0 Å². The normalized spacial score (nSPS) is 17.4. The first-order valence-corrected chi connectivity index (χ1v) is 8.64. The van der Waals surface area contributed by atoms with E-state index in [-0.39, 0.29) is 0 Å². The average Bonchev–Trinajstić information content (AvgIpc) is 2.67. The maximum Gasteiger partial charge on any atom is 0.326 e. The molecular weight excluding hydrogens is 318 g/mol. The van der Waals surface area contributed by atoms with Crippen molar-refractivity contribution in [2.45, 2.75) is 38.6 Å². The lowest BCUT2D eigenvalue weighted by molar-refractivity contribution is -0.139. The van der Waals surface area contributed by atoms with E-state index in [0.717, 1.165) is 36.3 Å². The zero-order valence-corrected chi connectivity index (χ0v) is 14.6. The molecule has 1 aromatic heterocycles. The lowest BCUT2D eigenvalue weighted by atomic mass is 10.0. The smallest absolute Gasteiger partial charge is 0.326 e. The summed E-state index contributed by atoms with van der Waals surface area (Å²) in [7, 11) is 1.63. The summed E-state index contributed by atoms with van der Waals surface area (Å²) in [5, 5.41) is 9.54. The van der Waals surface area contributed by atoms with E-state index in [0.29, 0.717) is 24.6 Å². The maximum atomic E-state index is 11.6. The second-order valence-electron chi connectivity index (χ2n) is 6.17. The largest absolute Gasteiger partial charge is 0.497 e. The third-order valence-corrected chi connectivity index (χ3v) is 4.56. The van der Waals surface area contributed by atoms with Crippen LogP contribution in [0.15, 0.2) is 30.3 Å². The van der Waals surface area contributed by atoms with Crippen LogP contribution >= 0.6 is 0 Å². The van der Waals surface area contributed by atoms with Crippen molar-refractivity contribution in [1.29, 1.82) is 0 Å². The van der Waals surface area contributed by atoms with Gasteiger partial charge in [0.1, 0.15) is 17.6 Å². The molecule has 1 atom stereocenters. The van der Waals surface area contributed by atoms with Crippen molar-refractivity contribution in [2.75, 3.05) is 18.6 Å². The Hall–Kier alpha value is -2.63. The SMILES string of the molecule is CCc1cc(N2CCCCC2C(=O)O)nc(-c2ccc(OC)cc2)n1. The van der Waals surface area contributed by atoms with Crippen molar-refractivity contribution in [3.8, 4) is 17.1 Å². The highest BCUT2D eigenvalue weighted by Gasteiger charge is 2.30. The predicted octanol–water partition coefficient (Wildman–Crippen LogP) is 3.16. The van der Waals surface area contributed by atoms with Crippen LogP contribution in [-0.2, 0) is 11.2 Å². The number of benzene rings is 1. The minimum absolute atomic E-state index is 0.517. The number of carboxylic acids is 1. The molecule has 1 unspecified atom stereocenters. The number of piperidine rings is 1. The summed E-state index contributed by atoms with van der Waals surface area (Å²) in [6.45, 7) is 2.74. The summed E-state index contributed by atoms with van der Waals surface area (Å²) >= 11 is 0. The van der Waals surface area contributed by atoms with Crippen LogP contribution in [-0.4, -0.2) is 40.7 Å². The van der Waals surface area contributed by atoms with E-state index in [4.69, 9.17) is 4.74 Å². The molecule has 1 saturated heterocycles. The number of ether oxygens (including phenoxy) is 1.